The molecule has 0 bridgehead atoms. The maximum atomic E-state index is 13.2. The number of fused-ring (bicyclic) bond motifs is 1. The van der Waals surface area contributed by atoms with Crippen LogP contribution in [0.5, 0.6) is 5.75 Å². The molecule has 0 atom stereocenters. The van der Waals surface area contributed by atoms with Crippen LogP contribution in [0.15, 0.2) is 24.4 Å². The van der Waals surface area contributed by atoms with Gasteiger partial charge < -0.3 is 15.0 Å². The lowest BCUT2D eigenvalue weighted by Crippen LogP contribution is -2.59. The molecule has 0 spiro atoms. The molecule has 1 aromatic carbocycles. The minimum Gasteiger partial charge on any atom is -0.497 e. The first kappa shape index (κ1) is 18.4. The Bertz CT molecular complexity index is 786. The summed E-state index contributed by atoms with van der Waals surface area (Å²) in [6.07, 6.45) is 11.0. The quantitative estimate of drug-likeness (QED) is 0.817. The zero-order valence-electron chi connectivity index (χ0n) is 16.4. The lowest BCUT2D eigenvalue weighted by atomic mass is 9.79. The Morgan fingerprint density at radius 2 is 1.96 bits per heavy atom. The highest BCUT2D eigenvalue weighted by atomic mass is 16.5. The van der Waals surface area contributed by atoms with Gasteiger partial charge in [-0.05, 0) is 69.0 Å². The second-order valence-corrected chi connectivity index (χ2v) is 8.02. The van der Waals surface area contributed by atoms with Gasteiger partial charge in [-0.3, -0.25) is 9.69 Å². The van der Waals surface area contributed by atoms with Crippen molar-refractivity contribution in [2.24, 2.45) is 0 Å². The van der Waals surface area contributed by atoms with Crippen molar-refractivity contribution in [3.63, 3.8) is 0 Å². The Hall–Kier alpha value is -2.01. The summed E-state index contributed by atoms with van der Waals surface area (Å²) in [5.41, 5.74) is 2.08. The molecule has 5 heteroatoms. The monoisotopic (exact) mass is 369 g/mol. The first-order valence-corrected chi connectivity index (χ1v) is 10.4. The van der Waals surface area contributed by atoms with E-state index in [9.17, 15) is 4.79 Å². The molecule has 1 aromatic heterocycles. The average Bonchev–Trinajstić information content (AvgIpc) is 3.38. The summed E-state index contributed by atoms with van der Waals surface area (Å²) < 4.78 is 5.35. The summed E-state index contributed by atoms with van der Waals surface area (Å²) in [4.78, 5) is 19.0. The molecule has 2 heterocycles. The van der Waals surface area contributed by atoms with Gasteiger partial charge in [0, 0.05) is 23.6 Å². The van der Waals surface area contributed by atoms with E-state index in [1.165, 1.54) is 43.1 Å². The van der Waals surface area contributed by atoms with Crippen LogP contribution in [0.2, 0.25) is 0 Å². The van der Waals surface area contributed by atoms with E-state index in [4.69, 9.17) is 4.74 Å². The Kier molecular flexibility index (Phi) is 5.39. The van der Waals surface area contributed by atoms with Crippen molar-refractivity contribution >= 4 is 16.8 Å². The number of nitrogens with one attached hydrogen (secondary N) is 2. The summed E-state index contributed by atoms with van der Waals surface area (Å²) in [5.74, 6) is 1.11. The predicted molar refractivity (Wildman–Crippen MR) is 108 cm³/mol. The number of hydrogen-bond acceptors (Lipinski definition) is 3. The molecule has 2 aliphatic rings. The van der Waals surface area contributed by atoms with Crippen LogP contribution in [-0.2, 0) is 11.2 Å². The van der Waals surface area contributed by atoms with Gasteiger partial charge in [0.05, 0.1) is 7.11 Å². The Labute approximate surface area is 161 Å². The molecule has 146 valence electrons. The van der Waals surface area contributed by atoms with Gasteiger partial charge >= 0.3 is 0 Å². The summed E-state index contributed by atoms with van der Waals surface area (Å²) in [7, 11) is 1.69. The Morgan fingerprint density at radius 3 is 2.70 bits per heavy atom. The summed E-state index contributed by atoms with van der Waals surface area (Å²) in [6.45, 7) is 2.84. The number of hydrogen-bond donors (Lipinski definition) is 2. The molecule has 1 saturated carbocycles. The number of aromatic amines is 1. The molecule has 5 nitrogen and oxygen atoms in total. The highest BCUT2D eigenvalue weighted by Gasteiger charge is 2.45. The number of amides is 1. The van der Waals surface area contributed by atoms with Crippen LogP contribution in [-0.4, -0.2) is 48.1 Å². The standard InChI is InChI=1S/C22H31N3O2/c1-27-18-7-8-20-19(15-18)17(16-24-20)9-12-23-21(26)22(10-3-2-4-11-22)25-13-5-6-14-25/h7-8,15-16,24H,2-6,9-14H2,1H3,(H,23,26). The van der Waals surface area contributed by atoms with Gasteiger partial charge in [-0.2, -0.15) is 0 Å². The fourth-order valence-corrected chi connectivity index (χ4v) is 4.94. The van der Waals surface area contributed by atoms with Crippen molar-refractivity contribution in [3.05, 3.63) is 30.0 Å². The number of carbonyl (C=O) groups is 1. The molecule has 0 unspecified atom stereocenters. The van der Waals surface area contributed by atoms with Crippen molar-refractivity contribution in [2.45, 2.75) is 56.9 Å². The van der Waals surface area contributed by atoms with Crippen molar-refractivity contribution in [2.75, 3.05) is 26.7 Å². The summed E-state index contributed by atoms with van der Waals surface area (Å²) in [6, 6.07) is 6.07. The fourth-order valence-electron chi connectivity index (χ4n) is 4.94. The first-order valence-electron chi connectivity index (χ1n) is 10.4. The molecule has 27 heavy (non-hydrogen) atoms. The van der Waals surface area contributed by atoms with Gasteiger partial charge in [0.25, 0.3) is 0 Å². The van der Waals surface area contributed by atoms with Crippen LogP contribution < -0.4 is 10.1 Å². The second kappa shape index (κ2) is 7.93. The molecule has 2 aromatic rings. The van der Waals surface area contributed by atoms with Crippen LogP contribution >= 0.6 is 0 Å². The van der Waals surface area contributed by atoms with E-state index in [1.807, 2.05) is 18.3 Å². The van der Waals surface area contributed by atoms with E-state index >= 15 is 0 Å². The number of likely N-dealkylation sites (tertiary alicyclic amines) is 1. The molecule has 2 N–H and O–H groups in total. The molecule has 4 rings (SSSR count). The molecule has 1 aliphatic carbocycles. The zero-order chi connectivity index (χ0) is 18.7. The fraction of sp³-hybridized carbons (Fsp3) is 0.591. The van der Waals surface area contributed by atoms with E-state index in [0.29, 0.717) is 6.54 Å². The lowest BCUT2D eigenvalue weighted by Gasteiger charge is -2.43. The molecular weight excluding hydrogens is 338 g/mol. The number of ether oxygens (including phenoxy) is 1. The van der Waals surface area contributed by atoms with Gasteiger partial charge in [0.15, 0.2) is 0 Å². The zero-order valence-corrected chi connectivity index (χ0v) is 16.4. The number of H-pyrrole nitrogens is 1. The van der Waals surface area contributed by atoms with Crippen molar-refractivity contribution in [1.29, 1.82) is 0 Å². The summed E-state index contributed by atoms with van der Waals surface area (Å²) >= 11 is 0. The molecule has 1 aliphatic heterocycles. The predicted octanol–water partition coefficient (Wildman–Crippen LogP) is 3.63. The Morgan fingerprint density at radius 1 is 1.19 bits per heavy atom. The molecule has 0 radical (unpaired) electrons. The third-order valence-corrected chi connectivity index (χ3v) is 6.47. The van der Waals surface area contributed by atoms with Crippen molar-refractivity contribution in [3.8, 4) is 5.75 Å². The average molecular weight is 370 g/mol. The van der Waals surface area contributed by atoms with Crippen LogP contribution in [0.4, 0.5) is 0 Å². The minimum atomic E-state index is -0.252. The van der Waals surface area contributed by atoms with E-state index < -0.39 is 0 Å². The highest BCUT2D eigenvalue weighted by molar-refractivity contribution is 5.87. The van der Waals surface area contributed by atoms with Crippen LogP contribution in [0.25, 0.3) is 10.9 Å². The van der Waals surface area contributed by atoms with Crippen LogP contribution in [0, 0.1) is 0 Å². The number of methoxy groups -OCH3 is 1. The number of nitrogens with zero attached hydrogens (tertiary/aromatic N) is 1. The maximum absolute atomic E-state index is 13.2. The van der Waals surface area contributed by atoms with E-state index in [1.54, 1.807) is 7.11 Å². The molecular formula is C22H31N3O2. The second-order valence-electron chi connectivity index (χ2n) is 8.02. The third kappa shape index (κ3) is 3.57. The van der Waals surface area contributed by atoms with Crippen molar-refractivity contribution < 1.29 is 9.53 Å². The van der Waals surface area contributed by atoms with Gasteiger partial charge in [-0.25, -0.2) is 0 Å². The smallest absolute Gasteiger partial charge is 0.240 e. The molecule has 1 saturated heterocycles. The SMILES string of the molecule is COc1ccc2[nH]cc(CCNC(=O)C3(N4CCCC4)CCCCC3)c2c1. The van der Waals surface area contributed by atoms with E-state index in [2.05, 4.69) is 21.3 Å². The number of aromatic nitrogens is 1. The topological polar surface area (TPSA) is 57.4 Å². The lowest BCUT2D eigenvalue weighted by molar-refractivity contribution is -0.135. The van der Waals surface area contributed by atoms with Gasteiger partial charge in [0.1, 0.15) is 11.3 Å². The van der Waals surface area contributed by atoms with Gasteiger partial charge in [-0.15, -0.1) is 0 Å². The van der Waals surface area contributed by atoms with Crippen LogP contribution in [0.1, 0.15) is 50.5 Å². The van der Waals surface area contributed by atoms with Crippen molar-refractivity contribution in [1.82, 2.24) is 15.2 Å². The van der Waals surface area contributed by atoms with Crippen LogP contribution in [0.3, 0.4) is 0 Å². The van der Waals surface area contributed by atoms with Gasteiger partial charge in [0.2, 0.25) is 5.91 Å². The van der Waals surface area contributed by atoms with E-state index in [-0.39, 0.29) is 11.4 Å². The number of rotatable bonds is 6. The third-order valence-electron chi connectivity index (χ3n) is 6.47. The largest absolute Gasteiger partial charge is 0.497 e. The number of benzene rings is 1. The Balaban J connectivity index is 1.42. The first-order chi connectivity index (χ1) is 13.2. The van der Waals surface area contributed by atoms with Gasteiger partial charge in [-0.1, -0.05) is 19.3 Å². The minimum absolute atomic E-state index is 0.251. The van der Waals surface area contributed by atoms with E-state index in [0.717, 1.165) is 43.6 Å². The highest BCUT2D eigenvalue weighted by Crippen LogP contribution is 2.36. The molecule has 1 amide bonds. The number of carbonyl (C=O) groups excluding carboxylic acids is 1. The maximum Gasteiger partial charge on any atom is 0.240 e. The summed E-state index contributed by atoms with van der Waals surface area (Å²) in [5, 5.41) is 4.45. The normalized spacial score (nSPS) is 20.0. The molecule has 2 fully saturated rings.